The standard InChI is InChI=1S/C11H14N6OS/c1-7-5-8(10(12)14-18)3-4-9(7)6-19-11-13-15-16-17(11)2/h3-5,18H,6H2,1-2H3,(H2,12,14). The maximum atomic E-state index is 8.64. The second-order valence-electron chi connectivity index (χ2n) is 4.00. The molecule has 0 fully saturated rings. The van der Waals surface area contributed by atoms with E-state index in [9.17, 15) is 0 Å². The van der Waals surface area contributed by atoms with Gasteiger partial charge in [0.05, 0.1) is 0 Å². The first kappa shape index (κ1) is 13.3. The first-order valence-electron chi connectivity index (χ1n) is 5.54. The van der Waals surface area contributed by atoms with Crippen LogP contribution in [-0.4, -0.2) is 31.3 Å². The predicted octanol–water partition coefficient (Wildman–Crippen LogP) is 0.905. The Bertz CT molecular complexity index is 609. The zero-order chi connectivity index (χ0) is 13.8. The van der Waals surface area contributed by atoms with Crippen molar-refractivity contribution < 1.29 is 5.21 Å². The highest BCUT2D eigenvalue weighted by molar-refractivity contribution is 7.98. The van der Waals surface area contributed by atoms with E-state index in [4.69, 9.17) is 10.9 Å². The molecule has 8 heteroatoms. The number of tetrazole rings is 1. The third-order valence-corrected chi connectivity index (χ3v) is 3.74. The van der Waals surface area contributed by atoms with Crippen LogP contribution in [0.4, 0.5) is 0 Å². The SMILES string of the molecule is Cc1cc(/C(N)=N/O)ccc1CSc1nnnn1C. The third-order valence-electron chi connectivity index (χ3n) is 2.68. The Balaban J connectivity index is 2.12. The van der Waals surface area contributed by atoms with Crippen molar-refractivity contribution >= 4 is 17.6 Å². The van der Waals surface area contributed by atoms with Crippen LogP contribution in [0, 0.1) is 6.92 Å². The second-order valence-corrected chi connectivity index (χ2v) is 4.94. The molecule has 1 aromatic heterocycles. The lowest BCUT2D eigenvalue weighted by Gasteiger charge is -2.07. The molecule has 1 heterocycles. The molecule has 0 bridgehead atoms. The van der Waals surface area contributed by atoms with Crippen molar-refractivity contribution in [1.29, 1.82) is 0 Å². The highest BCUT2D eigenvalue weighted by Gasteiger charge is 2.07. The van der Waals surface area contributed by atoms with E-state index in [1.54, 1.807) is 23.5 Å². The van der Waals surface area contributed by atoms with Gasteiger partial charge in [-0.25, -0.2) is 4.68 Å². The number of hydrogen-bond donors (Lipinski definition) is 2. The fraction of sp³-hybridized carbons (Fsp3) is 0.273. The third kappa shape index (κ3) is 3.02. The van der Waals surface area contributed by atoms with Gasteiger partial charge in [-0.3, -0.25) is 0 Å². The molecule has 0 amide bonds. The highest BCUT2D eigenvalue weighted by Crippen LogP contribution is 2.22. The van der Waals surface area contributed by atoms with E-state index in [-0.39, 0.29) is 5.84 Å². The maximum Gasteiger partial charge on any atom is 0.209 e. The van der Waals surface area contributed by atoms with Crippen LogP contribution in [-0.2, 0) is 12.8 Å². The zero-order valence-electron chi connectivity index (χ0n) is 10.6. The molecule has 0 aliphatic rings. The molecule has 0 unspecified atom stereocenters. The Labute approximate surface area is 114 Å². The van der Waals surface area contributed by atoms with Crippen LogP contribution in [0.25, 0.3) is 0 Å². The van der Waals surface area contributed by atoms with Gasteiger partial charge in [-0.1, -0.05) is 29.1 Å². The number of rotatable bonds is 4. The van der Waals surface area contributed by atoms with Gasteiger partial charge in [-0.15, -0.1) is 5.10 Å². The van der Waals surface area contributed by atoms with Crippen LogP contribution in [0.5, 0.6) is 0 Å². The van der Waals surface area contributed by atoms with Crippen molar-refractivity contribution in [3.8, 4) is 0 Å². The van der Waals surface area contributed by atoms with Gasteiger partial charge in [0.1, 0.15) is 0 Å². The molecule has 1 aromatic carbocycles. The summed E-state index contributed by atoms with van der Waals surface area (Å²) in [4.78, 5) is 0. The van der Waals surface area contributed by atoms with Gasteiger partial charge in [-0.05, 0) is 34.5 Å². The fourth-order valence-corrected chi connectivity index (χ4v) is 2.49. The number of oxime groups is 1. The number of thioether (sulfide) groups is 1. The number of nitrogens with two attached hydrogens (primary N) is 1. The Morgan fingerprint density at radius 2 is 2.32 bits per heavy atom. The van der Waals surface area contributed by atoms with Gasteiger partial charge < -0.3 is 10.9 Å². The summed E-state index contributed by atoms with van der Waals surface area (Å²) in [6.45, 7) is 1.99. The summed E-state index contributed by atoms with van der Waals surface area (Å²) in [5.74, 6) is 0.871. The molecule has 0 spiro atoms. The normalized spacial score (nSPS) is 11.8. The average molecular weight is 278 g/mol. The molecule has 0 aliphatic carbocycles. The summed E-state index contributed by atoms with van der Waals surface area (Å²) in [5.41, 5.74) is 8.48. The summed E-state index contributed by atoms with van der Waals surface area (Å²) in [6, 6.07) is 5.67. The first-order valence-corrected chi connectivity index (χ1v) is 6.53. The number of aryl methyl sites for hydroxylation is 2. The number of nitrogens with zero attached hydrogens (tertiary/aromatic N) is 5. The maximum absolute atomic E-state index is 8.64. The van der Waals surface area contributed by atoms with Crippen molar-refractivity contribution in [2.45, 2.75) is 17.8 Å². The van der Waals surface area contributed by atoms with Crippen LogP contribution in [0.1, 0.15) is 16.7 Å². The molecular formula is C11H14N6OS. The summed E-state index contributed by atoms with van der Waals surface area (Å²) in [7, 11) is 1.80. The highest BCUT2D eigenvalue weighted by atomic mass is 32.2. The molecule has 2 rings (SSSR count). The molecule has 0 saturated heterocycles. The van der Waals surface area contributed by atoms with Crippen LogP contribution in [0.3, 0.4) is 0 Å². The summed E-state index contributed by atoms with van der Waals surface area (Å²) in [5, 5.41) is 23.7. The Morgan fingerprint density at radius 3 is 2.89 bits per heavy atom. The Morgan fingerprint density at radius 1 is 1.53 bits per heavy atom. The summed E-state index contributed by atoms with van der Waals surface area (Å²) < 4.78 is 1.63. The van der Waals surface area contributed by atoms with Crippen LogP contribution in [0.15, 0.2) is 28.5 Å². The molecule has 0 saturated carbocycles. The van der Waals surface area contributed by atoms with Crippen molar-refractivity contribution in [2.75, 3.05) is 0 Å². The molecule has 2 aromatic rings. The Hall–Kier alpha value is -2.09. The molecule has 100 valence electrons. The zero-order valence-corrected chi connectivity index (χ0v) is 11.4. The number of benzene rings is 1. The lowest BCUT2D eigenvalue weighted by atomic mass is 10.1. The molecule has 7 nitrogen and oxygen atoms in total. The van der Waals surface area contributed by atoms with Crippen LogP contribution in [0.2, 0.25) is 0 Å². The molecule has 0 aliphatic heterocycles. The van der Waals surface area contributed by atoms with Gasteiger partial charge in [-0.2, -0.15) is 0 Å². The van der Waals surface area contributed by atoms with E-state index < -0.39 is 0 Å². The average Bonchev–Trinajstić information content (AvgIpc) is 2.82. The minimum absolute atomic E-state index is 0.111. The molecule has 0 atom stereocenters. The monoisotopic (exact) mass is 278 g/mol. The molecule has 19 heavy (non-hydrogen) atoms. The first-order chi connectivity index (χ1) is 9.11. The minimum atomic E-state index is 0.111. The Kier molecular flexibility index (Phi) is 4.00. The minimum Gasteiger partial charge on any atom is -0.409 e. The fourth-order valence-electron chi connectivity index (χ4n) is 1.56. The van der Waals surface area contributed by atoms with Crippen molar-refractivity contribution in [1.82, 2.24) is 20.2 Å². The largest absolute Gasteiger partial charge is 0.409 e. The topological polar surface area (TPSA) is 102 Å². The van der Waals surface area contributed by atoms with E-state index in [1.165, 1.54) is 0 Å². The smallest absolute Gasteiger partial charge is 0.209 e. The molecule has 3 N–H and O–H groups in total. The van der Waals surface area contributed by atoms with E-state index in [1.807, 2.05) is 25.1 Å². The van der Waals surface area contributed by atoms with Crippen molar-refractivity contribution in [3.05, 3.63) is 34.9 Å². The second kappa shape index (κ2) is 5.70. The molecular weight excluding hydrogens is 264 g/mol. The van der Waals surface area contributed by atoms with Gasteiger partial charge >= 0.3 is 0 Å². The van der Waals surface area contributed by atoms with Crippen molar-refractivity contribution in [2.24, 2.45) is 17.9 Å². The van der Waals surface area contributed by atoms with Crippen LogP contribution < -0.4 is 5.73 Å². The lowest BCUT2D eigenvalue weighted by molar-refractivity contribution is 0.318. The quantitative estimate of drug-likeness (QED) is 0.283. The summed E-state index contributed by atoms with van der Waals surface area (Å²) in [6.07, 6.45) is 0. The van der Waals surface area contributed by atoms with E-state index >= 15 is 0 Å². The number of hydrogen-bond acceptors (Lipinski definition) is 6. The van der Waals surface area contributed by atoms with Gasteiger partial charge in [0.25, 0.3) is 0 Å². The van der Waals surface area contributed by atoms with Gasteiger partial charge in [0.15, 0.2) is 5.84 Å². The van der Waals surface area contributed by atoms with E-state index in [0.29, 0.717) is 5.56 Å². The van der Waals surface area contributed by atoms with E-state index in [2.05, 4.69) is 20.7 Å². The van der Waals surface area contributed by atoms with Gasteiger partial charge in [0.2, 0.25) is 5.16 Å². The number of amidine groups is 1. The van der Waals surface area contributed by atoms with Gasteiger partial charge in [0, 0.05) is 18.4 Å². The molecule has 0 radical (unpaired) electrons. The predicted molar refractivity (Wildman–Crippen MR) is 72.0 cm³/mol. The van der Waals surface area contributed by atoms with E-state index in [0.717, 1.165) is 22.0 Å². The van der Waals surface area contributed by atoms with Crippen LogP contribution >= 0.6 is 11.8 Å². The number of aromatic nitrogens is 4. The summed E-state index contributed by atoms with van der Waals surface area (Å²) >= 11 is 1.56. The van der Waals surface area contributed by atoms with Crippen molar-refractivity contribution in [3.63, 3.8) is 0 Å². The lowest BCUT2D eigenvalue weighted by Crippen LogP contribution is -2.13.